The number of furan rings is 1. The molecule has 1 fully saturated rings. The first-order valence-electron chi connectivity index (χ1n) is 8.10. The maximum Gasteiger partial charge on any atom is 0.291 e. The lowest BCUT2D eigenvalue weighted by molar-refractivity contribution is 0.0913. The van der Waals surface area contributed by atoms with Crippen molar-refractivity contribution in [3.05, 3.63) is 54.0 Å². The number of amides is 2. The minimum atomic E-state index is -0.343. The normalized spacial score (nSPS) is 19.6. The first-order chi connectivity index (χ1) is 11.6. The fourth-order valence-corrected chi connectivity index (χ4v) is 2.82. The van der Waals surface area contributed by atoms with Crippen molar-refractivity contribution in [2.24, 2.45) is 5.92 Å². The number of hydrogen-bond donors (Lipinski definition) is 3. The van der Waals surface area contributed by atoms with Crippen LogP contribution in [-0.4, -0.2) is 30.9 Å². The smallest absolute Gasteiger partial charge is 0.291 e. The number of anilines is 1. The van der Waals surface area contributed by atoms with Gasteiger partial charge in [-0.3, -0.25) is 9.59 Å². The Labute approximate surface area is 152 Å². The summed E-state index contributed by atoms with van der Waals surface area (Å²) in [5, 5.41) is 9.13. The lowest BCUT2D eigenvalue weighted by atomic mass is 9.95. The van der Waals surface area contributed by atoms with Crippen LogP contribution in [0.3, 0.4) is 0 Å². The summed E-state index contributed by atoms with van der Waals surface area (Å²) in [4.78, 5) is 24.5. The third-order valence-electron chi connectivity index (χ3n) is 4.23. The summed E-state index contributed by atoms with van der Waals surface area (Å²) in [6.07, 6.45) is 2.36. The van der Waals surface area contributed by atoms with Gasteiger partial charge in [0.05, 0.1) is 6.26 Å². The highest BCUT2D eigenvalue weighted by atomic mass is 35.5. The molecule has 2 heterocycles. The number of halogens is 1. The van der Waals surface area contributed by atoms with E-state index in [2.05, 4.69) is 22.9 Å². The third kappa shape index (κ3) is 4.84. The first kappa shape index (κ1) is 19.0. The van der Waals surface area contributed by atoms with Gasteiger partial charge in [0.15, 0.2) is 5.76 Å². The molecule has 2 aromatic rings. The van der Waals surface area contributed by atoms with E-state index in [1.54, 1.807) is 36.4 Å². The maximum absolute atomic E-state index is 12.5. The lowest BCUT2D eigenvalue weighted by Crippen LogP contribution is -2.48. The Balaban J connectivity index is 0.00000225. The van der Waals surface area contributed by atoms with Gasteiger partial charge in [-0.25, -0.2) is 0 Å². The van der Waals surface area contributed by atoms with Gasteiger partial charge in [0.1, 0.15) is 0 Å². The van der Waals surface area contributed by atoms with Crippen molar-refractivity contribution >= 4 is 29.9 Å². The molecule has 3 N–H and O–H groups in total. The van der Waals surface area contributed by atoms with E-state index in [4.69, 9.17) is 4.42 Å². The number of rotatable bonds is 4. The van der Waals surface area contributed by atoms with E-state index >= 15 is 0 Å². The Bertz CT molecular complexity index is 718. The number of carbonyl (C=O) groups excluding carboxylic acids is 2. The molecule has 3 rings (SSSR count). The minimum Gasteiger partial charge on any atom is -0.459 e. The number of nitrogens with one attached hydrogen (secondary N) is 3. The Kier molecular flexibility index (Phi) is 6.61. The quantitative estimate of drug-likeness (QED) is 0.779. The van der Waals surface area contributed by atoms with Gasteiger partial charge >= 0.3 is 0 Å². The molecule has 0 saturated carbocycles. The van der Waals surface area contributed by atoms with E-state index < -0.39 is 0 Å². The Hall–Kier alpha value is -2.31. The van der Waals surface area contributed by atoms with Crippen LogP contribution in [0.2, 0.25) is 0 Å². The molecule has 6 nitrogen and oxygen atoms in total. The largest absolute Gasteiger partial charge is 0.459 e. The van der Waals surface area contributed by atoms with Crippen LogP contribution in [0.25, 0.3) is 0 Å². The summed E-state index contributed by atoms with van der Waals surface area (Å²) in [6.45, 7) is 3.94. The molecule has 7 heteroatoms. The fourth-order valence-electron chi connectivity index (χ4n) is 2.82. The second-order valence-electron chi connectivity index (χ2n) is 6.06. The molecule has 1 aromatic heterocycles. The monoisotopic (exact) mass is 363 g/mol. The summed E-state index contributed by atoms with van der Waals surface area (Å²) in [6, 6.07) is 10.3. The third-order valence-corrected chi connectivity index (χ3v) is 4.23. The summed E-state index contributed by atoms with van der Waals surface area (Å²) >= 11 is 0. The van der Waals surface area contributed by atoms with Crippen LogP contribution < -0.4 is 16.0 Å². The average molecular weight is 364 g/mol. The van der Waals surface area contributed by atoms with Gasteiger partial charge in [0.2, 0.25) is 0 Å². The Morgan fingerprint density at radius 2 is 2.04 bits per heavy atom. The molecule has 0 bridgehead atoms. The first-order valence-corrected chi connectivity index (χ1v) is 8.10. The van der Waals surface area contributed by atoms with E-state index in [-0.39, 0.29) is 36.0 Å². The van der Waals surface area contributed by atoms with Crippen molar-refractivity contribution in [3.63, 3.8) is 0 Å². The van der Waals surface area contributed by atoms with Crippen molar-refractivity contribution in [2.75, 3.05) is 18.4 Å². The summed E-state index contributed by atoms with van der Waals surface area (Å²) in [7, 11) is 0. The zero-order valence-corrected chi connectivity index (χ0v) is 14.8. The summed E-state index contributed by atoms with van der Waals surface area (Å²) in [5.41, 5.74) is 1.08. The number of hydrogen-bond acceptors (Lipinski definition) is 4. The molecule has 0 spiro atoms. The van der Waals surface area contributed by atoms with E-state index in [1.165, 1.54) is 6.26 Å². The minimum absolute atomic E-state index is 0. The van der Waals surface area contributed by atoms with Crippen LogP contribution in [0.1, 0.15) is 34.3 Å². The molecule has 0 radical (unpaired) electrons. The van der Waals surface area contributed by atoms with Gasteiger partial charge in [-0.2, -0.15) is 0 Å². The molecule has 1 saturated heterocycles. The molecule has 2 unspecified atom stereocenters. The molecule has 1 aliphatic heterocycles. The van der Waals surface area contributed by atoms with Crippen molar-refractivity contribution in [3.8, 4) is 0 Å². The lowest BCUT2D eigenvalue weighted by Gasteiger charge is -2.30. The highest BCUT2D eigenvalue weighted by Gasteiger charge is 2.23. The number of benzene rings is 1. The van der Waals surface area contributed by atoms with Crippen molar-refractivity contribution in [1.82, 2.24) is 10.6 Å². The standard InChI is InChI=1S/C18H21N3O3.ClH/c1-12-11-19-8-7-15(12)21-17(22)13-4-2-5-14(10-13)20-18(23)16-6-3-9-24-16;/h2-6,9-10,12,15,19H,7-8,11H2,1H3,(H,20,23)(H,21,22);1H. The van der Waals surface area contributed by atoms with Crippen LogP contribution in [0, 0.1) is 5.92 Å². The predicted octanol–water partition coefficient (Wildman–Crippen LogP) is 2.68. The van der Waals surface area contributed by atoms with E-state index in [1.807, 2.05) is 0 Å². The fraction of sp³-hybridized carbons (Fsp3) is 0.333. The van der Waals surface area contributed by atoms with Gasteiger partial charge in [-0.1, -0.05) is 13.0 Å². The zero-order chi connectivity index (χ0) is 16.9. The van der Waals surface area contributed by atoms with E-state index in [9.17, 15) is 9.59 Å². The van der Waals surface area contributed by atoms with Gasteiger partial charge in [0, 0.05) is 17.3 Å². The molecule has 25 heavy (non-hydrogen) atoms. The maximum atomic E-state index is 12.5. The Morgan fingerprint density at radius 1 is 1.20 bits per heavy atom. The van der Waals surface area contributed by atoms with Crippen LogP contribution >= 0.6 is 12.4 Å². The topological polar surface area (TPSA) is 83.4 Å². The predicted molar refractivity (Wildman–Crippen MR) is 98.3 cm³/mol. The highest BCUT2D eigenvalue weighted by Crippen LogP contribution is 2.15. The number of piperidine rings is 1. The van der Waals surface area contributed by atoms with Crippen LogP contribution in [0.15, 0.2) is 47.1 Å². The van der Waals surface area contributed by atoms with Gasteiger partial charge in [0.25, 0.3) is 11.8 Å². The van der Waals surface area contributed by atoms with Gasteiger partial charge < -0.3 is 20.4 Å². The van der Waals surface area contributed by atoms with Crippen LogP contribution in [0.5, 0.6) is 0 Å². The van der Waals surface area contributed by atoms with Crippen LogP contribution in [-0.2, 0) is 0 Å². The molecule has 134 valence electrons. The molecule has 2 amide bonds. The SMILES string of the molecule is CC1CNCCC1NC(=O)c1cccc(NC(=O)c2ccco2)c1.Cl. The molecule has 0 aliphatic carbocycles. The van der Waals surface area contributed by atoms with Gasteiger partial charge in [-0.15, -0.1) is 12.4 Å². The second-order valence-corrected chi connectivity index (χ2v) is 6.06. The number of carbonyl (C=O) groups is 2. The van der Waals surface area contributed by atoms with E-state index in [0.717, 1.165) is 19.5 Å². The highest BCUT2D eigenvalue weighted by molar-refractivity contribution is 6.03. The Morgan fingerprint density at radius 3 is 2.76 bits per heavy atom. The average Bonchev–Trinajstić information content (AvgIpc) is 3.12. The van der Waals surface area contributed by atoms with Crippen LogP contribution in [0.4, 0.5) is 5.69 Å². The molecule has 1 aliphatic rings. The van der Waals surface area contributed by atoms with E-state index in [0.29, 0.717) is 17.2 Å². The summed E-state index contributed by atoms with van der Waals surface area (Å²) in [5.74, 6) is 0.158. The molecule has 2 atom stereocenters. The zero-order valence-electron chi connectivity index (χ0n) is 14.0. The summed E-state index contributed by atoms with van der Waals surface area (Å²) < 4.78 is 5.06. The molecular formula is C18H22ClN3O3. The van der Waals surface area contributed by atoms with Crippen molar-refractivity contribution < 1.29 is 14.0 Å². The van der Waals surface area contributed by atoms with Crippen molar-refractivity contribution in [2.45, 2.75) is 19.4 Å². The van der Waals surface area contributed by atoms with Gasteiger partial charge in [-0.05, 0) is 55.8 Å². The second kappa shape index (κ2) is 8.69. The molecular weight excluding hydrogens is 342 g/mol. The molecule has 1 aromatic carbocycles. The van der Waals surface area contributed by atoms with Crippen molar-refractivity contribution in [1.29, 1.82) is 0 Å².